The van der Waals surface area contributed by atoms with Gasteiger partial charge < -0.3 is 10.4 Å². The van der Waals surface area contributed by atoms with E-state index in [9.17, 15) is 4.79 Å². The molecule has 0 saturated heterocycles. The molecule has 1 aromatic carbocycles. The molecule has 0 aromatic heterocycles. The highest BCUT2D eigenvalue weighted by molar-refractivity contribution is 5.66. The van der Waals surface area contributed by atoms with Gasteiger partial charge in [-0.15, -0.1) is 0 Å². The Bertz CT molecular complexity index is 398. The average Bonchev–Trinajstić information content (AvgIpc) is 2.42. The number of rotatable bonds is 9. The number of unbranched alkanes of at least 4 members (excludes halogenated alkanes) is 1. The lowest BCUT2D eigenvalue weighted by molar-refractivity contribution is -0.137. The van der Waals surface area contributed by atoms with E-state index < -0.39 is 5.97 Å². The van der Waals surface area contributed by atoms with Crippen LogP contribution in [0.15, 0.2) is 24.3 Å². The van der Waals surface area contributed by atoms with Crippen LogP contribution >= 0.6 is 0 Å². The van der Waals surface area contributed by atoms with E-state index >= 15 is 0 Å². The average molecular weight is 277 g/mol. The van der Waals surface area contributed by atoms with Gasteiger partial charge in [-0.25, -0.2) is 0 Å². The second kappa shape index (κ2) is 8.75. The highest BCUT2D eigenvalue weighted by Gasteiger charge is 2.14. The molecule has 0 heterocycles. The first kappa shape index (κ1) is 16.7. The molecule has 3 heteroatoms. The molecule has 0 aliphatic heterocycles. The highest BCUT2D eigenvalue weighted by atomic mass is 16.4. The van der Waals surface area contributed by atoms with Crippen molar-refractivity contribution in [3.63, 3.8) is 0 Å². The maximum Gasteiger partial charge on any atom is 0.303 e. The molecule has 1 rings (SSSR count). The lowest BCUT2D eigenvalue weighted by Gasteiger charge is -2.23. The Morgan fingerprint density at radius 3 is 2.35 bits per heavy atom. The lowest BCUT2D eigenvalue weighted by Crippen LogP contribution is -2.26. The predicted octanol–water partition coefficient (Wildman–Crippen LogP) is 3.79. The Balaban J connectivity index is 2.49. The van der Waals surface area contributed by atoms with Crippen LogP contribution in [0.3, 0.4) is 0 Å². The number of aliphatic carboxylic acids is 1. The third-order valence-electron chi connectivity index (χ3n) is 3.60. The first-order valence-electron chi connectivity index (χ1n) is 7.58. The molecule has 20 heavy (non-hydrogen) atoms. The summed E-state index contributed by atoms with van der Waals surface area (Å²) in [6.45, 7) is 7.45. The monoisotopic (exact) mass is 277 g/mol. The number of hydrogen-bond donors (Lipinski definition) is 2. The van der Waals surface area contributed by atoms with Gasteiger partial charge in [0.15, 0.2) is 0 Å². The van der Waals surface area contributed by atoms with Crippen molar-refractivity contribution in [2.75, 3.05) is 6.54 Å². The molecule has 0 radical (unpaired) electrons. The molecule has 0 bridgehead atoms. The van der Waals surface area contributed by atoms with Crippen molar-refractivity contribution in [3.05, 3.63) is 35.4 Å². The third kappa shape index (κ3) is 5.74. The van der Waals surface area contributed by atoms with Crippen LogP contribution in [0.2, 0.25) is 0 Å². The summed E-state index contributed by atoms with van der Waals surface area (Å²) in [5.41, 5.74) is 2.67. The summed E-state index contributed by atoms with van der Waals surface area (Å²) in [5, 5.41) is 12.2. The number of carboxylic acids is 1. The first-order valence-corrected chi connectivity index (χ1v) is 7.58. The van der Waals surface area contributed by atoms with Crippen LogP contribution in [0.5, 0.6) is 0 Å². The van der Waals surface area contributed by atoms with Crippen molar-refractivity contribution in [2.45, 2.75) is 52.5 Å². The number of carbonyl (C=O) groups is 1. The molecule has 1 aromatic rings. The van der Waals surface area contributed by atoms with E-state index in [2.05, 4.69) is 50.4 Å². The fraction of sp³-hybridized carbons (Fsp3) is 0.588. The second-order valence-corrected chi connectivity index (χ2v) is 5.62. The molecule has 0 aliphatic carbocycles. The Morgan fingerprint density at radius 1 is 1.20 bits per heavy atom. The molecule has 1 unspecified atom stereocenters. The zero-order valence-corrected chi connectivity index (χ0v) is 12.9. The summed E-state index contributed by atoms with van der Waals surface area (Å²) < 4.78 is 0. The molecule has 0 fully saturated rings. The normalized spacial score (nSPS) is 12.6. The van der Waals surface area contributed by atoms with Crippen LogP contribution in [0.4, 0.5) is 0 Å². The molecule has 0 saturated carbocycles. The minimum absolute atomic E-state index is 0.263. The van der Waals surface area contributed by atoms with Gasteiger partial charge in [-0.05, 0) is 42.9 Å². The molecule has 2 N–H and O–H groups in total. The van der Waals surface area contributed by atoms with Crippen LogP contribution in [0.25, 0.3) is 0 Å². The van der Waals surface area contributed by atoms with E-state index in [1.54, 1.807) is 0 Å². The molecule has 3 nitrogen and oxygen atoms in total. The summed E-state index contributed by atoms with van der Waals surface area (Å²) in [6.07, 6.45) is 2.97. The lowest BCUT2D eigenvalue weighted by atomic mass is 9.94. The van der Waals surface area contributed by atoms with E-state index in [-0.39, 0.29) is 6.42 Å². The number of aryl methyl sites for hydroxylation is 1. The van der Waals surface area contributed by atoms with E-state index in [1.807, 2.05) is 0 Å². The van der Waals surface area contributed by atoms with E-state index in [4.69, 9.17) is 5.11 Å². The van der Waals surface area contributed by atoms with Crippen LogP contribution < -0.4 is 5.32 Å². The molecule has 112 valence electrons. The molecule has 0 spiro atoms. The summed E-state index contributed by atoms with van der Waals surface area (Å²) >= 11 is 0. The van der Waals surface area contributed by atoms with E-state index in [0.717, 1.165) is 25.8 Å². The summed E-state index contributed by atoms with van der Waals surface area (Å²) in [6, 6.07) is 9.13. The Morgan fingerprint density at radius 2 is 1.85 bits per heavy atom. The minimum atomic E-state index is -0.708. The molecule has 1 atom stereocenters. The first-order chi connectivity index (χ1) is 9.54. The maximum atomic E-state index is 10.5. The molecule has 0 amide bonds. The van der Waals surface area contributed by atoms with Gasteiger partial charge in [-0.2, -0.15) is 0 Å². The maximum absolute atomic E-state index is 10.5. The SMILES string of the molecule is CCc1ccc(C(NCCCCC(=O)O)C(C)C)cc1. The molecular formula is C17H27NO2. The Labute approximate surface area is 122 Å². The topological polar surface area (TPSA) is 49.3 Å². The zero-order valence-electron chi connectivity index (χ0n) is 12.9. The van der Waals surface area contributed by atoms with E-state index in [1.165, 1.54) is 11.1 Å². The van der Waals surface area contributed by atoms with Crippen molar-refractivity contribution in [3.8, 4) is 0 Å². The van der Waals surface area contributed by atoms with Crippen molar-refractivity contribution in [1.29, 1.82) is 0 Å². The second-order valence-electron chi connectivity index (χ2n) is 5.62. The van der Waals surface area contributed by atoms with E-state index in [0.29, 0.717) is 12.0 Å². The van der Waals surface area contributed by atoms with Gasteiger partial charge in [0.05, 0.1) is 0 Å². The molecular weight excluding hydrogens is 250 g/mol. The number of hydrogen-bond acceptors (Lipinski definition) is 2. The zero-order chi connectivity index (χ0) is 15.0. The Kier molecular flexibility index (Phi) is 7.31. The number of carboxylic acid groups (broad SMARTS) is 1. The van der Waals surface area contributed by atoms with Crippen molar-refractivity contribution >= 4 is 5.97 Å². The number of benzene rings is 1. The smallest absolute Gasteiger partial charge is 0.303 e. The van der Waals surface area contributed by atoms with Gasteiger partial charge in [0.1, 0.15) is 0 Å². The van der Waals surface area contributed by atoms with Crippen molar-refractivity contribution in [1.82, 2.24) is 5.32 Å². The minimum Gasteiger partial charge on any atom is -0.481 e. The van der Waals surface area contributed by atoms with Gasteiger partial charge in [0.25, 0.3) is 0 Å². The van der Waals surface area contributed by atoms with Crippen LogP contribution in [0.1, 0.15) is 57.2 Å². The molecule has 0 aliphatic rings. The van der Waals surface area contributed by atoms with Gasteiger partial charge >= 0.3 is 5.97 Å². The van der Waals surface area contributed by atoms with Crippen LogP contribution in [-0.2, 0) is 11.2 Å². The van der Waals surface area contributed by atoms with Crippen LogP contribution in [-0.4, -0.2) is 17.6 Å². The largest absolute Gasteiger partial charge is 0.481 e. The van der Waals surface area contributed by atoms with Crippen molar-refractivity contribution in [2.24, 2.45) is 5.92 Å². The summed E-state index contributed by atoms with van der Waals surface area (Å²) in [4.78, 5) is 10.5. The van der Waals surface area contributed by atoms with Crippen LogP contribution in [0, 0.1) is 5.92 Å². The van der Waals surface area contributed by atoms with Gasteiger partial charge in [0, 0.05) is 12.5 Å². The predicted molar refractivity (Wildman–Crippen MR) is 82.9 cm³/mol. The van der Waals surface area contributed by atoms with Gasteiger partial charge in [-0.3, -0.25) is 4.79 Å². The Hall–Kier alpha value is -1.35. The number of nitrogens with one attached hydrogen (secondary N) is 1. The van der Waals surface area contributed by atoms with Gasteiger partial charge in [-0.1, -0.05) is 45.0 Å². The van der Waals surface area contributed by atoms with Crippen molar-refractivity contribution < 1.29 is 9.90 Å². The summed E-state index contributed by atoms with van der Waals surface area (Å²) in [5.74, 6) is -0.192. The third-order valence-corrected chi connectivity index (χ3v) is 3.60. The quantitative estimate of drug-likeness (QED) is 0.675. The highest BCUT2D eigenvalue weighted by Crippen LogP contribution is 2.22. The summed E-state index contributed by atoms with van der Waals surface area (Å²) in [7, 11) is 0. The fourth-order valence-electron chi connectivity index (χ4n) is 2.36. The standard InChI is InChI=1S/C17H27NO2/c1-4-14-8-10-15(11-9-14)17(13(2)3)18-12-6-5-7-16(19)20/h8-11,13,17-18H,4-7,12H2,1-3H3,(H,19,20). The fourth-order valence-corrected chi connectivity index (χ4v) is 2.36. The van der Waals surface area contributed by atoms with Gasteiger partial charge in [0.2, 0.25) is 0 Å².